The van der Waals surface area contributed by atoms with Crippen molar-refractivity contribution in [3.63, 3.8) is 0 Å². The van der Waals surface area contributed by atoms with Gasteiger partial charge in [-0.25, -0.2) is 0 Å². The van der Waals surface area contributed by atoms with Crippen molar-refractivity contribution in [3.8, 4) is 0 Å². The first-order valence-electron chi connectivity index (χ1n) is 6.45. The lowest BCUT2D eigenvalue weighted by Crippen LogP contribution is -2.33. The molecule has 0 rings (SSSR count). The molecule has 3 nitrogen and oxygen atoms in total. The number of hydrogen-bond acceptors (Lipinski definition) is 3. The second-order valence-electron chi connectivity index (χ2n) is 5.47. The third-order valence-electron chi connectivity index (χ3n) is 2.77. The maximum atomic E-state index is 6.00. The Bertz CT molecular complexity index is 160. The highest BCUT2D eigenvalue weighted by molar-refractivity contribution is 4.67. The molecule has 3 heteroatoms. The zero-order valence-corrected chi connectivity index (χ0v) is 11.7. The van der Waals surface area contributed by atoms with Gasteiger partial charge in [0.15, 0.2) is 0 Å². The molecule has 0 heterocycles. The Morgan fingerprint density at radius 3 is 2.25 bits per heavy atom. The minimum Gasteiger partial charge on any atom is -0.380 e. The fourth-order valence-corrected chi connectivity index (χ4v) is 1.35. The molecular weight excluding hydrogens is 200 g/mol. The van der Waals surface area contributed by atoms with E-state index >= 15 is 0 Å². The van der Waals surface area contributed by atoms with Crippen LogP contribution in [0, 0.1) is 11.8 Å². The topological polar surface area (TPSA) is 38.5 Å². The van der Waals surface area contributed by atoms with Gasteiger partial charge in [-0.3, -0.25) is 0 Å². The largest absolute Gasteiger partial charge is 0.380 e. The number of rotatable bonds is 9. The Morgan fingerprint density at radius 1 is 1.12 bits per heavy atom. The van der Waals surface area contributed by atoms with E-state index in [-0.39, 0.29) is 0 Å². The molecule has 0 aliphatic carbocycles. The third-order valence-corrected chi connectivity index (χ3v) is 2.77. The molecule has 0 radical (unpaired) electrons. The van der Waals surface area contributed by atoms with Crippen LogP contribution in [-0.4, -0.2) is 44.3 Å². The minimum absolute atomic E-state index is 0.319. The lowest BCUT2D eigenvalue weighted by molar-refractivity contribution is 0.0906. The molecule has 0 bridgehead atoms. The third kappa shape index (κ3) is 9.13. The van der Waals surface area contributed by atoms with Gasteiger partial charge in [0.05, 0.1) is 6.61 Å². The van der Waals surface area contributed by atoms with Crippen molar-refractivity contribution in [2.45, 2.75) is 40.2 Å². The summed E-state index contributed by atoms with van der Waals surface area (Å²) in [6.45, 7) is 12.4. The molecule has 0 saturated heterocycles. The van der Waals surface area contributed by atoms with Crippen molar-refractivity contribution in [1.82, 2.24) is 4.90 Å². The Balaban J connectivity index is 3.41. The van der Waals surface area contributed by atoms with Gasteiger partial charge < -0.3 is 15.4 Å². The van der Waals surface area contributed by atoms with Crippen molar-refractivity contribution in [2.75, 3.05) is 33.4 Å². The average molecular weight is 230 g/mol. The van der Waals surface area contributed by atoms with Crippen molar-refractivity contribution >= 4 is 0 Å². The summed E-state index contributed by atoms with van der Waals surface area (Å²) in [6, 6.07) is 0.319. The van der Waals surface area contributed by atoms with E-state index in [1.165, 1.54) is 0 Å². The maximum absolute atomic E-state index is 6.00. The van der Waals surface area contributed by atoms with Crippen LogP contribution < -0.4 is 5.73 Å². The van der Waals surface area contributed by atoms with Gasteiger partial charge >= 0.3 is 0 Å². The molecular formula is C13H30N2O. The number of likely N-dealkylation sites (N-methyl/N-ethyl adjacent to an activating group) is 1. The normalized spacial score (nSPS) is 14.1. The Kier molecular flexibility index (Phi) is 8.90. The highest BCUT2D eigenvalue weighted by atomic mass is 16.5. The van der Waals surface area contributed by atoms with Crippen LogP contribution in [0.15, 0.2) is 0 Å². The van der Waals surface area contributed by atoms with Gasteiger partial charge in [-0.2, -0.15) is 0 Å². The van der Waals surface area contributed by atoms with E-state index in [1.807, 2.05) is 0 Å². The van der Waals surface area contributed by atoms with Crippen molar-refractivity contribution in [2.24, 2.45) is 17.6 Å². The second kappa shape index (κ2) is 8.97. The maximum Gasteiger partial charge on any atom is 0.0593 e. The van der Waals surface area contributed by atoms with Gasteiger partial charge in [-0.15, -0.1) is 0 Å². The van der Waals surface area contributed by atoms with Crippen LogP contribution in [0.5, 0.6) is 0 Å². The van der Waals surface area contributed by atoms with Gasteiger partial charge in [-0.1, -0.05) is 27.7 Å². The van der Waals surface area contributed by atoms with E-state index in [9.17, 15) is 0 Å². The molecule has 0 aromatic heterocycles. The van der Waals surface area contributed by atoms with Gasteiger partial charge in [0.2, 0.25) is 0 Å². The standard InChI is InChI=1S/C13H30N2O/c1-11(2)10-16-9-8-15(5)7-6-13(14)12(3)4/h11-13H,6-10,14H2,1-5H3. The van der Waals surface area contributed by atoms with Crippen molar-refractivity contribution in [3.05, 3.63) is 0 Å². The average Bonchev–Trinajstić information content (AvgIpc) is 2.20. The molecule has 0 saturated carbocycles. The summed E-state index contributed by atoms with van der Waals surface area (Å²) < 4.78 is 5.55. The summed E-state index contributed by atoms with van der Waals surface area (Å²) in [4.78, 5) is 2.29. The van der Waals surface area contributed by atoms with E-state index in [4.69, 9.17) is 10.5 Å². The first-order chi connectivity index (χ1) is 7.43. The van der Waals surface area contributed by atoms with E-state index in [0.29, 0.717) is 17.9 Å². The molecule has 0 aliphatic heterocycles. The molecule has 0 aromatic rings. The van der Waals surface area contributed by atoms with E-state index in [1.54, 1.807) is 0 Å². The number of nitrogens with zero attached hydrogens (tertiary/aromatic N) is 1. The Labute approximate surface area is 101 Å². The van der Waals surface area contributed by atoms with Crippen LogP contribution >= 0.6 is 0 Å². The number of nitrogens with two attached hydrogens (primary N) is 1. The second-order valence-corrected chi connectivity index (χ2v) is 5.47. The van der Waals surface area contributed by atoms with Gasteiger partial charge in [0, 0.05) is 19.2 Å². The van der Waals surface area contributed by atoms with E-state index < -0.39 is 0 Å². The molecule has 1 unspecified atom stereocenters. The molecule has 16 heavy (non-hydrogen) atoms. The number of hydrogen-bond donors (Lipinski definition) is 1. The van der Waals surface area contributed by atoms with Crippen LogP contribution in [0.25, 0.3) is 0 Å². The van der Waals surface area contributed by atoms with Gasteiger partial charge in [0.1, 0.15) is 0 Å². The summed E-state index contributed by atoms with van der Waals surface area (Å²) in [5.74, 6) is 1.20. The van der Waals surface area contributed by atoms with Crippen LogP contribution in [0.3, 0.4) is 0 Å². The molecule has 1 atom stereocenters. The first kappa shape index (κ1) is 15.9. The van der Waals surface area contributed by atoms with E-state index in [2.05, 4.69) is 39.6 Å². The summed E-state index contributed by atoms with van der Waals surface area (Å²) in [6.07, 6.45) is 1.07. The van der Waals surface area contributed by atoms with Crippen molar-refractivity contribution < 1.29 is 4.74 Å². The summed E-state index contributed by atoms with van der Waals surface area (Å²) in [7, 11) is 2.13. The fraction of sp³-hybridized carbons (Fsp3) is 1.00. The smallest absolute Gasteiger partial charge is 0.0593 e. The highest BCUT2D eigenvalue weighted by Crippen LogP contribution is 2.03. The van der Waals surface area contributed by atoms with Gasteiger partial charge in [0.25, 0.3) is 0 Å². The van der Waals surface area contributed by atoms with Gasteiger partial charge in [-0.05, 0) is 31.8 Å². The first-order valence-corrected chi connectivity index (χ1v) is 6.45. The van der Waals surface area contributed by atoms with Crippen LogP contribution in [0.1, 0.15) is 34.1 Å². The predicted octanol–water partition coefficient (Wildman–Crippen LogP) is 1.96. The Morgan fingerprint density at radius 2 is 1.75 bits per heavy atom. The molecule has 0 spiro atoms. The van der Waals surface area contributed by atoms with Crippen molar-refractivity contribution in [1.29, 1.82) is 0 Å². The monoisotopic (exact) mass is 230 g/mol. The lowest BCUT2D eigenvalue weighted by atomic mass is 10.0. The molecule has 98 valence electrons. The minimum atomic E-state index is 0.319. The molecule has 0 amide bonds. The lowest BCUT2D eigenvalue weighted by Gasteiger charge is -2.21. The van der Waals surface area contributed by atoms with Crippen LogP contribution in [0.4, 0.5) is 0 Å². The zero-order valence-electron chi connectivity index (χ0n) is 11.7. The molecule has 0 aromatic carbocycles. The molecule has 0 aliphatic rings. The highest BCUT2D eigenvalue weighted by Gasteiger charge is 2.08. The SMILES string of the molecule is CC(C)COCCN(C)CCC(N)C(C)C. The van der Waals surface area contributed by atoms with E-state index in [0.717, 1.165) is 32.7 Å². The summed E-state index contributed by atoms with van der Waals surface area (Å²) in [5.41, 5.74) is 6.00. The van der Waals surface area contributed by atoms with Crippen LogP contribution in [-0.2, 0) is 4.74 Å². The molecule has 2 N–H and O–H groups in total. The summed E-state index contributed by atoms with van der Waals surface area (Å²) >= 11 is 0. The van der Waals surface area contributed by atoms with Crippen LogP contribution in [0.2, 0.25) is 0 Å². The zero-order chi connectivity index (χ0) is 12.6. The molecule has 0 fully saturated rings. The number of ether oxygens (including phenoxy) is 1. The predicted molar refractivity (Wildman–Crippen MR) is 70.6 cm³/mol. The quantitative estimate of drug-likeness (QED) is 0.615. The fourth-order valence-electron chi connectivity index (χ4n) is 1.35. The Hall–Kier alpha value is -0.120. The summed E-state index contributed by atoms with van der Waals surface area (Å²) in [5, 5.41) is 0.